The number of hydrogen-bond acceptors (Lipinski definition) is 6. The molecule has 2 aromatic heterocycles. The van der Waals surface area contributed by atoms with Crippen molar-refractivity contribution in [2.45, 2.75) is 53.0 Å². The number of carbonyl (C=O) groups is 3. The number of aromatic nitrogens is 2. The summed E-state index contributed by atoms with van der Waals surface area (Å²) in [5.74, 6) is -0.926. The van der Waals surface area contributed by atoms with Crippen LogP contribution in [0.5, 0.6) is 0 Å². The van der Waals surface area contributed by atoms with Crippen molar-refractivity contribution in [2.24, 2.45) is 5.41 Å². The molecule has 0 aromatic carbocycles. The Morgan fingerprint density at radius 3 is 2.76 bits per heavy atom. The molecule has 0 spiro atoms. The van der Waals surface area contributed by atoms with Crippen LogP contribution < -0.4 is 21.3 Å². The standard InChI is InChI=1S/C19H26N6O4/c1-11-8-14(22-17(28)16(27)20-10-12-6-5-7-29-12)25(24-11)18-21-13(19(2,3)4)9-15(26)23-18/h5-8,13,18,21H,9-10H2,1-4H3,(H,20,27)(H,22,28)(H,23,26). The van der Waals surface area contributed by atoms with Crippen LogP contribution in [0, 0.1) is 12.3 Å². The van der Waals surface area contributed by atoms with Gasteiger partial charge in [0.2, 0.25) is 5.91 Å². The fourth-order valence-electron chi connectivity index (χ4n) is 3.02. The third-order valence-corrected chi connectivity index (χ3v) is 4.65. The van der Waals surface area contributed by atoms with Crippen LogP contribution in [0.2, 0.25) is 0 Å². The second kappa shape index (κ2) is 8.08. The molecule has 4 N–H and O–H groups in total. The van der Waals surface area contributed by atoms with E-state index in [2.05, 4.69) is 26.4 Å². The molecule has 2 aromatic rings. The van der Waals surface area contributed by atoms with Gasteiger partial charge in [0, 0.05) is 18.5 Å². The number of anilines is 1. The highest BCUT2D eigenvalue weighted by atomic mass is 16.3. The van der Waals surface area contributed by atoms with E-state index in [1.54, 1.807) is 25.1 Å². The topological polar surface area (TPSA) is 130 Å². The van der Waals surface area contributed by atoms with Crippen molar-refractivity contribution < 1.29 is 18.8 Å². The Hall–Kier alpha value is -3.14. The SMILES string of the molecule is Cc1cc(NC(=O)C(=O)NCc2ccco2)n(C2NC(=O)CC(C(C)(C)C)N2)n1. The molecule has 3 rings (SSSR count). The highest BCUT2D eigenvalue weighted by Gasteiger charge is 2.35. The van der Waals surface area contributed by atoms with Gasteiger partial charge in [-0.15, -0.1) is 0 Å². The summed E-state index contributed by atoms with van der Waals surface area (Å²) in [6, 6.07) is 4.94. The summed E-state index contributed by atoms with van der Waals surface area (Å²) in [6.45, 7) is 7.99. The largest absolute Gasteiger partial charge is 0.467 e. The molecule has 2 atom stereocenters. The van der Waals surface area contributed by atoms with Crippen LogP contribution in [0.1, 0.15) is 44.9 Å². The van der Waals surface area contributed by atoms with Gasteiger partial charge >= 0.3 is 11.8 Å². The van der Waals surface area contributed by atoms with Gasteiger partial charge in [0.1, 0.15) is 11.6 Å². The zero-order chi connectivity index (χ0) is 21.2. The minimum Gasteiger partial charge on any atom is -0.467 e. The van der Waals surface area contributed by atoms with Crippen LogP contribution >= 0.6 is 0 Å². The van der Waals surface area contributed by atoms with E-state index in [4.69, 9.17) is 4.42 Å². The smallest absolute Gasteiger partial charge is 0.314 e. The second-order valence-electron chi connectivity index (χ2n) is 8.09. The monoisotopic (exact) mass is 402 g/mol. The number of nitrogens with one attached hydrogen (secondary N) is 4. The molecule has 3 amide bonds. The van der Waals surface area contributed by atoms with Gasteiger partial charge in [0.05, 0.1) is 18.5 Å². The van der Waals surface area contributed by atoms with Crippen molar-refractivity contribution in [1.29, 1.82) is 0 Å². The first-order valence-electron chi connectivity index (χ1n) is 9.36. The van der Waals surface area contributed by atoms with E-state index < -0.39 is 18.1 Å². The molecule has 1 fully saturated rings. The maximum Gasteiger partial charge on any atom is 0.314 e. The predicted molar refractivity (Wildman–Crippen MR) is 104 cm³/mol. The Morgan fingerprint density at radius 1 is 1.34 bits per heavy atom. The van der Waals surface area contributed by atoms with Crippen LogP contribution in [-0.4, -0.2) is 33.5 Å². The number of hydrogen-bond donors (Lipinski definition) is 4. The first-order valence-corrected chi connectivity index (χ1v) is 9.36. The van der Waals surface area contributed by atoms with E-state index >= 15 is 0 Å². The lowest BCUT2D eigenvalue weighted by Crippen LogP contribution is -2.57. The Labute approximate surface area is 168 Å². The van der Waals surface area contributed by atoms with Gasteiger partial charge in [-0.25, -0.2) is 4.68 Å². The predicted octanol–water partition coefficient (Wildman–Crippen LogP) is 1.02. The molecule has 0 aliphatic carbocycles. The summed E-state index contributed by atoms with van der Waals surface area (Å²) < 4.78 is 6.58. The van der Waals surface area contributed by atoms with Crippen LogP contribution in [0.3, 0.4) is 0 Å². The Balaban J connectivity index is 1.70. The van der Waals surface area contributed by atoms with Crippen molar-refractivity contribution in [3.63, 3.8) is 0 Å². The summed E-state index contributed by atoms with van der Waals surface area (Å²) in [4.78, 5) is 36.6. The summed E-state index contributed by atoms with van der Waals surface area (Å²) in [5, 5.41) is 15.6. The van der Waals surface area contributed by atoms with Gasteiger partial charge in [0.15, 0.2) is 6.29 Å². The van der Waals surface area contributed by atoms with Gasteiger partial charge < -0.3 is 20.4 Å². The fraction of sp³-hybridized carbons (Fsp3) is 0.474. The molecule has 10 heteroatoms. The van der Waals surface area contributed by atoms with E-state index in [-0.39, 0.29) is 23.9 Å². The molecule has 0 saturated carbocycles. The van der Waals surface area contributed by atoms with Crippen molar-refractivity contribution in [3.05, 3.63) is 35.9 Å². The lowest BCUT2D eigenvalue weighted by atomic mass is 9.84. The van der Waals surface area contributed by atoms with Crippen molar-refractivity contribution >= 4 is 23.5 Å². The maximum atomic E-state index is 12.3. The molecular formula is C19H26N6O4. The lowest BCUT2D eigenvalue weighted by Gasteiger charge is -2.39. The third-order valence-electron chi connectivity index (χ3n) is 4.65. The first-order chi connectivity index (χ1) is 13.6. The normalized spacial score (nSPS) is 19.5. The molecule has 1 saturated heterocycles. The summed E-state index contributed by atoms with van der Waals surface area (Å²) in [6.07, 6.45) is 1.19. The summed E-state index contributed by atoms with van der Waals surface area (Å²) >= 11 is 0. The molecule has 0 bridgehead atoms. The molecule has 3 heterocycles. The average Bonchev–Trinajstić information content (AvgIpc) is 3.28. The highest BCUT2D eigenvalue weighted by Crippen LogP contribution is 2.27. The van der Waals surface area contributed by atoms with E-state index in [1.807, 2.05) is 20.8 Å². The van der Waals surface area contributed by atoms with Crippen molar-refractivity contribution in [1.82, 2.24) is 25.7 Å². The van der Waals surface area contributed by atoms with Gasteiger partial charge in [-0.3, -0.25) is 19.7 Å². The van der Waals surface area contributed by atoms with E-state index in [0.29, 0.717) is 23.7 Å². The quantitative estimate of drug-likeness (QED) is 0.565. The van der Waals surface area contributed by atoms with Gasteiger partial charge in [0.25, 0.3) is 0 Å². The molecule has 0 radical (unpaired) electrons. The zero-order valence-electron chi connectivity index (χ0n) is 16.9. The lowest BCUT2D eigenvalue weighted by molar-refractivity contribution is -0.136. The summed E-state index contributed by atoms with van der Waals surface area (Å²) in [5.41, 5.74) is 0.484. The zero-order valence-corrected chi connectivity index (χ0v) is 16.9. The Morgan fingerprint density at radius 2 is 2.10 bits per heavy atom. The highest BCUT2D eigenvalue weighted by molar-refractivity contribution is 6.39. The first kappa shape index (κ1) is 20.6. The number of aryl methyl sites for hydroxylation is 1. The van der Waals surface area contributed by atoms with Crippen LogP contribution in [0.25, 0.3) is 0 Å². The summed E-state index contributed by atoms with van der Waals surface area (Å²) in [7, 11) is 0. The van der Waals surface area contributed by atoms with E-state index in [0.717, 1.165) is 0 Å². The third kappa shape index (κ3) is 5.02. The number of amides is 3. The van der Waals surface area contributed by atoms with Gasteiger partial charge in [-0.2, -0.15) is 5.10 Å². The van der Waals surface area contributed by atoms with Gasteiger partial charge in [-0.05, 0) is 24.5 Å². The number of carbonyl (C=O) groups excluding carboxylic acids is 3. The Kier molecular flexibility index (Phi) is 5.73. The van der Waals surface area contributed by atoms with Crippen LogP contribution in [-0.2, 0) is 20.9 Å². The molecule has 1 aliphatic heterocycles. The minimum atomic E-state index is -0.841. The van der Waals surface area contributed by atoms with Crippen LogP contribution in [0.15, 0.2) is 28.9 Å². The van der Waals surface area contributed by atoms with E-state index in [1.165, 1.54) is 10.9 Å². The number of nitrogens with zero attached hydrogens (tertiary/aromatic N) is 2. The molecular weight excluding hydrogens is 376 g/mol. The van der Waals surface area contributed by atoms with Crippen molar-refractivity contribution in [3.8, 4) is 0 Å². The average molecular weight is 402 g/mol. The Bertz CT molecular complexity index is 896. The van der Waals surface area contributed by atoms with E-state index in [9.17, 15) is 14.4 Å². The molecule has 29 heavy (non-hydrogen) atoms. The van der Waals surface area contributed by atoms with Crippen LogP contribution in [0.4, 0.5) is 5.82 Å². The fourth-order valence-corrected chi connectivity index (χ4v) is 3.02. The molecule has 2 unspecified atom stereocenters. The minimum absolute atomic E-state index is 0.0779. The molecule has 10 nitrogen and oxygen atoms in total. The van der Waals surface area contributed by atoms with Crippen molar-refractivity contribution in [2.75, 3.05) is 5.32 Å². The maximum absolute atomic E-state index is 12.3. The molecule has 156 valence electrons. The molecule has 1 aliphatic rings. The van der Waals surface area contributed by atoms with Gasteiger partial charge in [-0.1, -0.05) is 20.8 Å². The second-order valence-corrected chi connectivity index (χ2v) is 8.09. The number of furan rings is 1. The number of rotatable bonds is 4.